The molecule has 1 unspecified atom stereocenters. The third-order valence-corrected chi connectivity index (χ3v) is 5.80. The summed E-state index contributed by atoms with van der Waals surface area (Å²) in [6.07, 6.45) is 5.23. The van der Waals surface area contributed by atoms with Crippen LogP contribution in [0.5, 0.6) is 0 Å². The first kappa shape index (κ1) is 14.0. The Balaban J connectivity index is 1.43. The Morgan fingerprint density at radius 1 is 1.25 bits per heavy atom. The molecule has 0 spiro atoms. The summed E-state index contributed by atoms with van der Waals surface area (Å²) in [7, 11) is 0. The second kappa shape index (κ2) is 6.19. The molecule has 1 heterocycles. The number of hydrogen-bond donors (Lipinski definition) is 2. The van der Waals surface area contributed by atoms with Crippen molar-refractivity contribution >= 4 is 17.7 Å². The average Bonchev–Trinajstić information content (AvgIpc) is 2.88. The van der Waals surface area contributed by atoms with Crippen LogP contribution in [0.2, 0.25) is 0 Å². The topological polar surface area (TPSA) is 55.1 Å². The van der Waals surface area contributed by atoms with Crippen LogP contribution >= 0.6 is 11.8 Å². The SMILES string of the molecule is NC(=O)C1CCC(NCC2Cc3ccccc3S2)CC1. The van der Waals surface area contributed by atoms with E-state index in [1.807, 2.05) is 11.8 Å². The molecule has 0 radical (unpaired) electrons. The van der Waals surface area contributed by atoms with Crippen LogP contribution < -0.4 is 11.1 Å². The summed E-state index contributed by atoms with van der Waals surface area (Å²) in [6.45, 7) is 1.06. The van der Waals surface area contributed by atoms with Crippen molar-refractivity contribution in [3.63, 3.8) is 0 Å². The molecule has 2 aliphatic rings. The van der Waals surface area contributed by atoms with Gasteiger partial charge in [0.25, 0.3) is 0 Å². The number of carbonyl (C=O) groups excluding carboxylic acids is 1. The minimum absolute atomic E-state index is 0.109. The Morgan fingerprint density at radius 2 is 2.00 bits per heavy atom. The molecule has 1 aromatic rings. The Bertz CT molecular complexity index is 458. The molecule has 1 aliphatic carbocycles. The molecule has 3 N–H and O–H groups in total. The van der Waals surface area contributed by atoms with Crippen molar-refractivity contribution in [3.05, 3.63) is 29.8 Å². The van der Waals surface area contributed by atoms with Crippen LogP contribution in [0.3, 0.4) is 0 Å². The quantitative estimate of drug-likeness (QED) is 0.895. The van der Waals surface area contributed by atoms with Crippen LogP contribution in [0.25, 0.3) is 0 Å². The number of nitrogens with two attached hydrogens (primary N) is 1. The monoisotopic (exact) mass is 290 g/mol. The molecule has 1 aliphatic heterocycles. The molecule has 1 fully saturated rings. The van der Waals surface area contributed by atoms with Gasteiger partial charge in [0, 0.05) is 28.6 Å². The van der Waals surface area contributed by atoms with E-state index in [1.165, 1.54) is 16.9 Å². The first-order valence-corrected chi connectivity index (χ1v) is 8.37. The number of hydrogen-bond acceptors (Lipinski definition) is 3. The molecule has 1 atom stereocenters. The van der Waals surface area contributed by atoms with Gasteiger partial charge in [0.05, 0.1) is 0 Å². The summed E-state index contributed by atoms with van der Waals surface area (Å²) < 4.78 is 0. The van der Waals surface area contributed by atoms with Gasteiger partial charge in [-0.2, -0.15) is 0 Å². The van der Waals surface area contributed by atoms with E-state index in [-0.39, 0.29) is 11.8 Å². The zero-order valence-corrected chi connectivity index (χ0v) is 12.5. The number of carbonyl (C=O) groups is 1. The lowest BCUT2D eigenvalue weighted by molar-refractivity contribution is -0.122. The van der Waals surface area contributed by atoms with E-state index >= 15 is 0 Å². The Labute approximate surface area is 124 Å². The van der Waals surface area contributed by atoms with Gasteiger partial charge in [-0.3, -0.25) is 4.79 Å². The van der Waals surface area contributed by atoms with Gasteiger partial charge >= 0.3 is 0 Å². The minimum atomic E-state index is -0.120. The zero-order valence-electron chi connectivity index (χ0n) is 11.7. The molecule has 3 rings (SSSR count). The third kappa shape index (κ3) is 3.18. The number of amides is 1. The molecule has 4 heteroatoms. The fourth-order valence-electron chi connectivity index (χ4n) is 3.25. The standard InChI is InChI=1S/C16H22N2OS/c17-16(19)11-5-7-13(8-6-11)18-10-14-9-12-3-1-2-4-15(12)20-14/h1-4,11,13-14,18H,5-10H2,(H2,17,19). The number of nitrogens with one attached hydrogen (secondary N) is 1. The molecule has 0 saturated heterocycles. The highest BCUT2D eigenvalue weighted by Crippen LogP contribution is 2.36. The Hall–Kier alpha value is -1.00. The van der Waals surface area contributed by atoms with Crippen molar-refractivity contribution in [3.8, 4) is 0 Å². The number of fused-ring (bicyclic) bond motifs is 1. The van der Waals surface area contributed by atoms with Crippen molar-refractivity contribution < 1.29 is 4.79 Å². The largest absolute Gasteiger partial charge is 0.369 e. The van der Waals surface area contributed by atoms with Gasteiger partial charge < -0.3 is 11.1 Å². The predicted molar refractivity (Wildman–Crippen MR) is 82.7 cm³/mol. The van der Waals surface area contributed by atoms with Crippen molar-refractivity contribution in [2.24, 2.45) is 11.7 Å². The second-order valence-electron chi connectivity index (χ2n) is 5.91. The highest BCUT2D eigenvalue weighted by molar-refractivity contribution is 8.00. The summed E-state index contributed by atoms with van der Waals surface area (Å²) in [6, 6.07) is 9.26. The smallest absolute Gasteiger partial charge is 0.220 e. The van der Waals surface area contributed by atoms with E-state index in [1.54, 1.807) is 0 Å². The number of thioether (sulfide) groups is 1. The maximum atomic E-state index is 11.2. The minimum Gasteiger partial charge on any atom is -0.369 e. The first-order chi connectivity index (χ1) is 9.72. The van der Waals surface area contributed by atoms with Crippen LogP contribution in [0.15, 0.2) is 29.2 Å². The van der Waals surface area contributed by atoms with E-state index in [0.29, 0.717) is 11.3 Å². The molecule has 20 heavy (non-hydrogen) atoms. The number of benzene rings is 1. The summed E-state index contributed by atoms with van der Waals surface area (Å²) in [5, 5.41) is 4.34. The zero-order chi connectivity index (χ0) is 13.9. The lowest BCUT2D eigenvalue weighted by Crippen LogP contribution is -2.39. The molecular formula is C16H22N2OS. The maximum Gasteiger partial charge on any atom is 0.220 e. The fourth-order valence-corrected chi connectivity index (χ4v) is 4.51. The second-order valence-corrected chi connectivity index (χ2v) is 7.25. The summed E-state index contributed by atoms with van der Waals surface area (Å²) in [4.78, 5) is 12.6. The summed E-state index contributed by atoms with van der Waals surface area (Å²) >= 11 is 1.99. The van der Waals surface area contributed by atoms with Gasteiger partial charge in [-0.15, -0.1) is 11.8 Å². The Kier molecular flexibility index (Phi) is 4.32. The van der Waals surface area contributed by atoms with Gasteiger partial charge in [-0.1, -0.05) is 18.2 Å². The normalized spacial score (nSPS) is 29.1. The maximum absolute atomic E-state index is 11.2. The van der Waals surface area contributed by atoms with Gasteiger partial charge in [0.1, 0.15) is 0 Å². The third-order valence-electron chi connectivity index (χ3n) is 4.48. The lowest BCUT2D eigenvalue weighted by atomic mass is 9.85. The van der Waals surface area contributed by atoms with E-state index in [9.17, 15) is 4.79 Å². The van der Waals surface area contributed by atoms with Gasteiger partial charge in [-0.05, 0) is 43.7 Å². The van der Waals surface area contributed by atoms with E-state index in [2.05, 4.69) is 29.6 Å². The first-order valence-electron chi connectivity index (χ1n) is 7.49. The molecule has 0 bridgehead atoms. The molecule has 0 aromatic heterocycles. The van der Waals surface area contributed by atoms with Gasteiger partial charge in [0.2, 0.25) is 5.91 Å². The molecule has 1 aromatic carbocycles. The summed E-state index contributed by atoms with van der Waals surface area (Å²) in [5.74, 6) is -0.0107. The summed E-state index contributed by atoms with van der Waals surface area (Å²) in [5.41, 5.74) is 6.86. The van der Waals surface area contributed by atoms with Gasteiger partial charge in [-0.25, -0.2) is 0 Å². The highest BCUT2D eigenvalue weighted by Gasteiger charge is 2.26. The fraction of sp³-hybridized carbons (Fsp3) is 0.562. The predicted octanol–water partition coefficient (Wildman–Crippen LogP) is 2.34. The van der Waals surface area contributed by atoms with Crippen LogP contribution in [-0.4, -0.2) is 23.7 Å². The van der Waals surface area contributed by atoms with Crippen LogP contribution in [0.1, 0.15) is 31.2 Å². The Morgan fingerprint density at radius 3 is 2.70 bits per heavy atom. The molecule has 3 nitrogen and oxygen atoms in total. The molecule has 1 saturated carbocycles. The highest BCUT2D eigenvalue weighted by atomic mass is 32.2. The van der Waals surface area contributed by atoms with Gasteiger partial charge in [0.15, 0.2) is 0 Å². The molecular weight excluding hydrogens is 268 g/mol. The van der Waals surface area contributed by atoms with Crippen LogP contribution in [0, 0.1) is 5.92 Å². The average molecular weight is 290 g/mol. The van der Waals surface area contributed by atoms with Crippen molar-refractivity contribution in [1.82, 2.24) is 5.32 Å². The molecule has 108 valence electrons. The van der Waals surface area contributed by atoms with Crippen molar-refractivity contribution in [2.75, 3.05) is 6.54 Å². The number of rotatable bonds is 4. The van der Waals surface area contributed by atoms with Crippen molar-refractivity contribution in [2.45, 2.75) is 48.3 Å². The van der Waals surface area contributed by atoms with E-state index in [4.69, 9.17) is 5.73 Å². The van der Waals surface area contributed by atoms with Crippen LogP contribution in [-0.2, 0) is 11.2 Å². The van der Waals surface area contributed by atoms with Crippen LogP contribution in [0.4, 0.5) is 0 Å². The molecule has 1 amide bonds. The number of primary amides is 1. The lowest BCUT2D eigenvalue weighted by Gasteiger charge is -2.28. The van der Waals surface area contributed by atoms with E-state index < -0.39 is 0 Å². The van der Waals surface area contributed by atoms with Crippen molar-refractivity contribution in [1.29, 1.82) is 0 Å². The van der Waals surface area contributed by atoms with E-state index in [0.717, 1.165) is 32.2 Å².